The molecule has 0 atom stereocenters. The second-order valence-corrected chi connectivity index (χ2v) is 6.58. The van der Waals surface area contributed by atoms with Crippen LogP contribution in [-0.2, 0) is 9.53 Å². The van der Waals surface area contributed by atoms with Crippen molar-refractivity contribution in [3.05, 3.63) is 57.3 Å². The Hall–Kier alpha value is -2.11. The Morgan fingerprint density at radius 3 is 2.64 bits per heavy atom. The molecule has 5 nitrogen and oxygen atoms in total. The third kappa shape index (κ3) is 4.94. The van der Waals surface area contributed by atoms with Crippen molar-refractivity contribution < 1.29 is 14.3 Å². The number of ether oxygens (including phenoxy) is 1. The molecule has 0 unspecified atom stereocenters. The van der Waals surface area contributed by atoms with Crippen molar-refractivity contribution in [3.8, 4) is 0 Å². The van der Waals surface area contributed by atoms with E-state index in [0.29, 0.717) is 0 Å². The maximum atomic E-state index is 12.1. The second kappa shape index (κ2) is 8.32. The summed E-state index contributed by atoms with van der Waals surface area (Å²) in [5, 5.41) is 3.04. The van der Waals surface area contributed by atoms with Crippen molar-refractivity contribution in [3.63, 3.8) is 0 Å². The van der Waals surface area contributed by atoms with Gasteiger partial charge in [-0.25, -0.2) is 9.78 Å². The zero-order chi connectivity index (χ0) is 18.6. The highest BCUT2D eigenvalue weighted by molar-refractivity contribution is 6.41. The number of anilines is 1. The zero-order valence-corrected chi connectivity index (χ0v) is 15.6. The molecule has 0 fully saturated rings. The zero-order valence-electron chi connectivity index (χ0n) is 14.1. The Morgan fingerprint density at radius 1 is 1.28 bits per heavy atom. The molecule has 2 rings (SSSR count). The second-order valence-electron chi connectivity index (χ2n) is 5.81. The van der Waals surface area contributed by atoms with Gasteiger partial charge < -0.3 is 10.1 Å². The summed E-state index contributed by atoms with van der Waals surface area (Å²) in [4.78, 5) is 27.9. The van der Waals surface area contributed by atoms with Crippen LogP contribution in [0.15, 0.2) is 30.5 Å². The van der Waals surface area contributed by atoms with E-state index in [-0.39, 0.29) is 21.7 Å². The SMILES string of the molecule is Cc1cccc(C(C)C)c1NC(=O)COC(=O)c1cnc(Cl)c(Cl)c1. The molecule has 0 aliphatic rings. The molecule has 1 aromatic carbocycles. The highest BCUT2D eigenvalue weighted by Crippen LogP contribution is 2.27. The Balaban J connectivity index is 2.02. The van der Waals surface area contributed by atoms with Gasteiger partial charge in [0.2, 0.25) is 0 Å². The molecule has 0 aliphatic carbocycles. The Morgan fingerprint density at radius 2 is 2.00 bits per heavy atom. The number of para-hydroxylation sites is 1. The fourth-order valence-electron chi connectivity index (χ4n) is 2.27. The molecule has 0 saturated carbocycles. The third-order valence-electron chi connectivity index (χ3n) is 3.56. The standard InChI is InChI=1S/C18H18Cl2N2O3/c1-10(2)13-6-4-5-11(3)16(13)22-15(23)9-25-18(24)12-7-14(19)17(20)21-8-12/h4-8,10H,9H2,1-3H3,(H,22,23). The van der Waals surface area contributed by atoms with Crippen LogP contribution in [0.25, 0.3) is 0 Å². The molecular weight excluding hydrogens is 363 g/mol. The number of esters is 1. The minimum absolute atomic E-state index is 0.0942. The molecule has 1 N–H and O–H groups in total. The third-order valence-corrected chi connectivity index (χ3v) is 4.24. The summed E-state index contributed by atoms with van der Waals surface area (Å²) in [5.74, 6) is -0.868. The molecule has 0 aliphatic heterocycles. The summed E-state index contributed by atoms with van der Waals surface area (Å²) < 4.78 is 5.00. The van der Waals surface area contributed by atoms with Gasteiger partial charge in [0.1, 0.15) is 5.15 Å². The molecule has 1 heterocycles. The van der Waals surface area contributed by atoms with E-state index in [9.17, 15) is 9.59 Å². The van der Waals surface area contributed by atoms with Gasteiger partial charge >= 0.3 is 5.97 Å². The first kappa shape index (κ1) is 19.2. The van der Waals surface area contributed by atoms with Gasteiger partial charge in [0, 0.05) is 11.9 Å². The number of rotatable bonds is 5. The number of amides is 1. The number of nitrogens with one attached hydrogen (secondary N) is 1. The number of halogens is 2. The van der Waals surface area contributed by atoms with E-state index in [0.717, 1.165) is 16.8 Å². The molecule has 1 aromatic heterocycles. The lowest BCUT2D eigenvalue weighted by Crippen LogP contribution is -2.22. The lowest BCUT2D eigenvalue weighted by Gasteiger charge is -2.16. The number of nitrogens with zero attached hydrogens (tertiary/aromatic N) is 1. The van der Waals surface area contributed by atoms with Gasteiger partial charge in [0.25, 0.3) is 5.91 Å². The van der Waals surface area contributed by atoms with Gasteiger partial charge in [0.15, 0.2) is 6.61 Å². The van der Waals surface area contributed by atoms with Crippen LogP contribution in [0.3, 0.4) is 0 Å². The number of benzene rings is 1. The van der Waals surface area contributed by atoms with Crippen LogP contribution in [0.4, 0.5) is 5.69 Å². The largest absolute Gasteiger partial charge is 0.452 e. The molecule has 132 valence electrons. The van der Waals surface area contributed by atoms with E-state index >= 15 is 0 Å². The van der Waals surface area contributed by atoms with Gasteiger partial charge in [-0.15, -0.1) is 0 Å². The van der Waals surface area contributed by atoms with E-state index < -0.39 is 18.5 Å². The van der Waals surface area contributed by atoms with Crippen molar-refractivity contribution in [2.24, 2.45) is 0 Å². The smallest absolute Gasteiger partial charge is 0.340 e. The summed E-state index contributed by atoms with van der Waals surface area (Å²) in [5.41, 5.74) is 2.84. The van der Waals surface area contributed by atoms with Crippen LogP contribution in [0.2, 0.25) is 10.2 Å². The number of aromatic nitrogens is 1. The van der Waals surface area contributed by atoms with Gasteiger partial charge in [0.05, 0.1) is 10.6 Å². The lowest BCUT2D eigenvalue weighted by atomic mass is 9.98. The molecule has 2 aromatic rings. The average Bonchev–Trinajstić information content (AvgIpc) is 2.56. The summed E-state index contributed by atoms with van der Waals surface area (Å²) >= 11 is 11.5. The van der Waals surface area contributed by atoms with E-state index in [1.54, 1.807) is 0 Å². The van der Waals surface area contributed by atoms with Gasteiger partial charge in [-0.2, -0.15) is 0 Å². The quantitative estimate of drug-likeness (QED) is 0.606. The fraction of sp³-hybridized carbons (Fsp3) is 0.278. The highest BCUT2D eigenvalue weighted by atomic mass is 35.5. The van der Waals surface area contributed by atoms with E-state index in [1.807, 2.05) is 39.0 Å². The van der Waals surface area contributed by atoms with Crippen LogP contribution in [0.1, 0.15) is 41.3 Å². The molecule has 0 saturated heterocycles. The van der Waals surface area contributed by atoms with E-state index in [4.69, 9.17) is 27.9 Å². The number of carbonyl (C=O) groups excluding carboxylic acids is 2. The molecule has 7 heteroatoms. The van der Waals surface area contributed by atoms with Crippen LogP contribution >= 0.6 is 23.2 Å². The Bertz CT molecular complexity index is 807. The first-order valence-electron chi connectivity index (χ1n) is 7.67. The summed E-state index contributed by atoms with van der Waals surface area (Å²) in [6.45, 7) is 5.59. The van der Waals surface area contributed by atoms with E-state index in [2.05, 4.69) is 10.3 Å². The first-order chi connectivity index (χ1) is 11.8. The van der Waals surface area contributed by atoms with Crippen molar-refractivity contribution in [1.29, 1.82) is 0 Å². The molecular formula is C18H18Cl2N2O3. The predicted molar refractivity (Wildman–Crippen MR) is 98.4 cm³/mol. The topological polar surface area (TPSA) is 68.3 Å². The summed E-state index contributed by atoms with van der Waals surface area (Å²) in [7, 11) is 0. The fourth-order valence-corrected chi connectivity index (χ4v) is 2.53. The van der Waals surface area contributed by atoms with E-state index in [1.165, 1.54) is 12.3 Å². The van der Waals surface area contributed by atoms with Crippen molar-refractivity contribution in [1.82, 2.24) is 4.98 Å². The van der Waals surface area contributed by atoms with Gasteiger partial charge in [-0.1, -0.05) is 55.2 Å². The average molecular weight is 381 g/mol. The molecule has 25 heavy (non-hydrogen) atoms. The number of hydrogen-bond donors (Lipinski definition) is 1. The Labute approximate surface area is 156 Å². The monoisotopic (exact) mass is 380 g/mol. The van der Waals surface area contributed by atoms with Crippen molar-refractivity contribution in [2.45, 2.75) is 26.7 Å². The summed E-state index contributed by atoms with van der Waals surface area (Å²) in [6, 6.07) is 7.16. The van der Waals surface area contributed by atoms with Crippen LogP contribution in [-0.4, -0.2) is 23.5 Å². The lowest BCUT2D eigenvalue weighted by molar-refractivity contribution is -0.119. The minimum atomic E-state index is -0.699. The van der Waals surface area contributed by atoms with Crippen molar-refractivity contribution >= 4 is 40.8 Å². The Kier molecular flexibility index (Phi) is 6.39. The maximum absolute atomic E-state index is 12.1. The molecule has 0 spiro atoms. The van der Waals surface area contributed by atoms with Crippen molar-refractivity contribution in [2.75, 3.05) is 11.9 Å². The number of carbonyl (C=O) groups is 2. The molecule has 0 radical (unpaired) electrons. The van der Waals surface area contributed by atoms with Crippen LogP contribution < -0.4 is 5.32 Å². The number of hydrogen-bond acceptors (Lipinski definition) is 4. The predicted octanol–water partition coefficient (Wildman–Crippen LogP) is 4.62. The van der Waals surface area contributed by atoms with Gasteiger partial charge in [-0.05, 0) is 30.0 Å². The number of pyridine rings is 1. The minimum Gasteiger partial charge on any atom is -0.452 e. The normalized spacial score (nSPS) is 10.6. The highest BCUT2D eigenvalue weighted by Gasteiger charge is 2.15. The summed E-state index contributed by atoms with van der Waals surface area (Å²) in [6.07, 6.45) is 1.24. The maximum Gasteiger partial charge on any atom is 0.340 e. The molecule has 1 amide bonds. The van der Waals surface area contributed by atoms with Gasteiger partial charge in [-0.3, -0.25) is 4.79 Å². The van der Waals surface area contributed by atoms with Crippen LogP contribution in [0, 0.1) is 6.92 Å². The molecule has 0 bridgehead atoms. The van der Waals surface area contributed by atoms with Crippen LogP contribution in [0.5, 0.6) is 0 Å². The number of aryl methyl sites for hydroxylation is 1. The first-order valence-corrected chi connectivity index (χ1v) is 8.42.